The summed E-state index contributed by atoms with van der Waals surface area (Å²) >= 11 is 0. The van der Waals surface area contributed by atoms with E-state index in [2.05, 4.69) is 28.9 Å². The minimum atomic E-state index is 0.420. The Hall–Kier alpha value is -1.71. The Morgan fingerprint density at radius 1 is 1.27 bits per heavy atom. The number of aromatic nitrogens is 4. The molecule has 0 aliphatic heterocycles. The third-order valence-corrected chi connectivity index (χ3v) is 2.28. The molecule has 0 amide bonds. The Bertz CT molecular complexity index is 459. The van der Waals surface area contributed by atoms with Gasteiger partial charge in [-0.05, 0) is 12.0 Å². The Balaban J connectivity index is 2.41. The molecule has 4 nitrogen and oxygen atoms in total. The Kier molecular flexibility index (Phi) is 2.49. The zero-order valence-corrected chi connectivity index (χ0v) is 9.18. The van der Waals surface area contributed by atoms with Crippen molar-refractivity contribution in [3.05, 3.63) is 30.5 Å². The van der Waals surface area contributed by atoms with E-state index < -0.39 is 0 Å². The van der Waals surface area contributed by atoms with Crippen LogP contribution >= 0.6 is 0 Å². The maximum absolute atomic E-state index is 4.24. The highest BCUT2D eigenvalue weighted by atomic mass is 15.2. The van der Waals surface area contributed by atoms with Gasteiger partial charge in [0.2, 0.25) is 0 Å². The highest BCUT2D eigenvalue weighted by Gasteiger charge is 2.06. The summed E-state index contributed by atoms with van der Waals surface area (Å²) < 4.78 is 1.77. The number of hydrogen-bond donors (Lipinski definition) is 0. The lowest BCUT2D eigenvalue weighted by atomic mass is 10.1. The summed E-state index contributed by atoms with van der Waals surface area (Å²) in [4.78, 5) is 8.47. The van der Waals surface area contributed by atoms with Crippen molar-refractivity contribution in [1.29, 1.82) is 0 Å². The van der Waals surface area contributed by atoms with Crippen molar-refractivity contribution in [2.45, 2.75) is 19.8 Å². The first-order chi connectivity index (χ1) is 7.16. The lowest BCUT2D eigenvalue weighted by molar-refractivity contribution is 0.768. The maximum atomic E-state index is 4.24. The van der Waals surface area contributed by atoms with Gasteiger partial charge in [0, 0.05) is 24.5 Å². The first-order valence-electron chi connectivity index (χ1n) is 4.98. The van der Waals surface area contributed by atoms with Gasteiger partial charge in [-0.3, -0.25) is 4.68 Å². The molecule has 0 saturated heterocycles. The third-order valence-electron chi connectivity index (χ3n) is 2.28. The molecule has 2 aromatic heterocycles. The molecule has 0 atom stereocenters. The van der Waals surface area contributed by atoms with Gasteiger partial charge < -0.3 is 0 Å². The van der Waals surface area contributed by atoms with Gasteiger partial charge in [-0.1, -0.05) is 13.8 Å². The van der Waals surface area contributed by atoms with Crippen LogP contribution in [0.5, 0.6) is 0 Å². The Labute approximate surface area is 89.0 Å². The van der Waals surface area contributed by atoms with Crippen LogP contribution in [-0.2, 0) is 7.05 Å². The first-order valence-corrected chi connectivity index (χ1v) is 4.98. The predicted octanol–water partition coefficient (Wildman–Crippen LogP) is 2.00. The zero-order valence-electron chi connectivity index (χ0n) is 9.18. The average Bonchev–Trinajstić information content (AvgIpc) is 2.65. The van der Waals surface area contributed by atoms with Crippen molar-refractivity contribution < 1.29 is 0 Å². The van der Waals surface area contributed by atoms with Crippen LogP contribution in [0.2, 0.25) is 0 Å². The van der Waals surface area contributed by atoms with Crippen LogP contribution in [0.15, 0.2) is 24.8 Å². The molecular weight excluding hydrogens is 188 g/mol. The molecule has 2 rings (SSSR count). The topological polar surface area (TPSA) is 43.6 Å². The van der Waals surface area contributed by atoms with E-state index in [0.29, 0.717) is 5.92 Å². The molecule has 0 spiro atoms. The molecular formula is C11H14N4. The van der Waals surface area contributed by atoms with E-state index in [9.17, 15) is 0 Å². The minimum Gasteiger partial charge on any atom is -0.275 e. The summed E-state index contributed by atoms with van der Waals surface area (Å²) in [5.74, 6) is 0.420. The lowest BCUT2D eigenvalue weighted by Gasteiger charge is -2.04. The van der Waals surface area contributed by atoms with E-state index in [1.54, 1.807) is 11.0 Å². The Morgan fingerprint density at radius 3 is 2.67 bits per heavy atom. The third kappa shape index (κ3) is 2.03. The molecule has 15 heavy (non-hydrogen) atoms. The normalized spacial score (nSPS) is 10.9. The van der Waals surface area contributed by atoms with E-state index in [4.69, 9.17) is 0 Å². The zero-order chi connectivity index (χ0) is 10.8. The lowest BCUT2D eigenvalue weighted by Crippen LogP contribution is -1.94. The molecule has 2 heterocycles. The van der Waals surface area contributed by atoms with Gasteiger partial charge in [0.25, 0.3) is 0 Å². The van der Waals surface area contributed by atoms with Crippen LogP contribution in [0, 0.1) is 0 Å². The predicted molar refractivity (Wildman–Crippen MR) is 58.3 cm³/mol. The highest BCUT2D eigenvalue weighted by molar-refractivity contribution is 5.56. The van der Waals surface area contributed by atoms with Gasteiger partial charge in [0.05, 0.1) is 11.9 Å². The van der Waals surface area contributed by atoms with Gasteiger partial charge in [0.1, 0.15) is 6.33 Å². The van der Waals surface area contributed by atoms with Crippen molar-refractivity contribution in [2.24, 2.45) is 7.05 Å². The minimum absolute atomic E-state index is 0.420. The number of rotatable bonds is 2. The fraction of sp³-hybridized carbons (Fsp3) is 0.364. The largest absolute Gasteiger partial charge is 0.275 e. The van der Waals surface area contributed by atoms with E-state index in [1.165, 1.54) is 0 Å². The second-order valence-electron chi connectivity index (χ2n) is 3.89. The molecule has 0 fully saturated rings. The molecule has 0 N–H and O–H groups in total. The van der Waals surface area contributed by atoms with Crippen molar-refractivity contribution in [3.8, 4) is 11.3 Å². The summed E-state index contributed by atoms with van der Waals surface area (Å²) in [6.45, 7) is 4.24. The summed E-state index contributed by atoms with van der Waals surface area (Å²) in [5.41, 5.74) is 3.02. The quantitative estimate of drug-likeness (QED) is 0.748. The van der Waals surface area contributed by atoms with Crippen molar-refractivity contribution in [1.82, 2.24) is 19.7 Å². The first kappa shape index (κ1) is 9.83. The SMILES string of the molecule is CC(C)c1cc(-c2cnn(C)c2)ncn1. The fourth-order valence-corrected chi connectivity index (χ4v) is 1.40. The molecule has 0 unspecified atom stereocenters. The van der Waals surface area contributed by atoms with Crippen LogP contribution < -0.4 is 0 Å². The van der Waals surface area contributed by atoms with Crippen molar-refractivity contribution in [3.63, 3.8) is 0 Å². The molecule has 0 aromatic carbocycles. The fourth-order valence-electron chi connectivity index (χ4n) is 1.40. The second kappa shape index (κ2) is 3.81. The number of hydrogen-bond acceptors (Lipinski definition) is 3. The summed E-state index contributed by atoms with van der Waals surface area (Å²) in [5, 5.41) is 4.12. The van der Waals surface area contributed by atoms with Crippen molar-refractivity contribution >= 4 is 0 Å². The van der Waals surface area contributed by atoms with Crippen molar-refractivity contribution in [2.75, 3.05) is 0 Å². The van der Waals surface area contributed by atoms with Gasteiger partial charge in [-0.15, -0.1) is 0 Å². The van der Waals surface area contributed by atoms with Gasteiger partial charge in [0.15, 0.2) is 0 Å². The van der Waals surface area contributed by atoms with Crippen LogP contribution in [0.4, 0.5) is 0 Å². The van der Waals surface area contributed by atoms with E-state index in [1.807, 2.05) is 25.5 Å². The summed E-state index contributed by atoms with van der Waals surface area (Å²) in [6.07, 6.45) is 5.37. The van der Waals surface area contributed by atoms with Gasteiger partial charge >= 0.3 is 0 Å². The standard InChI is InChI=1S/C11H14N4/c1-8(2)10-4-11(13-7-12-10)9-5-14-15(3)6-9/h4-8H,1-3H3. The molecule has 2 aromatic rings. The van der Waals surface area contributed by atoms with Crippen LogP contribution in [-0.4, -0.2) is 19.7 Å². The molecule has 0 bridgehead atoms. The van der Waals surface area contributed by atoms with Crippen LogP contribution in [0.25, 0.3) is 11.3 Å². The summed E-state index contributed by atoms with van der Waals surface area (Å²) in [6, 6.07) is 2.02. The molecule has 78 valence electrons. The van der Waals surface area contributed by atoms with Gasteiger partial charge in [-0.25, -0.2) is 9.97 Å². The van der Waals surface area contributed by atoms with Crippen LogP contribution in [0.1, 0.15) is 25.5 Å². The van der Waals surface area contributed by atoms with E-state index in [-0.39, 0.29) is 0 Å². The molecule has 0 saturated carbocycles. The second-order valence-corrected chi connectivity index (χ2v) is 3.89. The van der Waals surface area contributed by atoms with Crippen LogP contribution in [0.3, 0.4) is 0 Å². The molecule has 4 heteroatoms. The van der Waals surface area contributed by atoms with E-state index >= 15 is 0 Å². The molecule has 0 aliphatic carbocycles. The van der Waals surface area contributed by atoms with Gasteiger partial charge in [-0.2, -0.15) is 5.10 Å². The number of nitrogens with zero attached hydrogens (tertiary/aromatic N) is 4. The van der Waals surface area contributed by atoms with E-state index in [0.717, 1.165) is 17.0 Å². The molecule has 0 radical (unpaired) electrons. The molecule has 0 aliphatic rings. The summed E-state index contributed by atoms with van der Waals surface area (Å²) in [7, 11) is 1.90. The highest BCUT2D eigenvalue weighted by Crippen LogP contribution is 2.19. The maximum Gasteiger partial charge on any atom is 0.116 e. The Morgan fingerprint density at radius 2 is 2.07 bits per heavy atom. The monoisotopic (exact) mass is 202 g/mol. The number of aryl methyl sites for hydroxylation is 1. The smallest absolute Gasteiger partial charge is 0.116 e. The average molecular weight is 202 g/mol.